The number of hydrogen-bond donors (Lipinski definition) is 3. The number of guanidine groups is 1. The predicted octanol–water partition coefficient (Wildman–Crippen LogP) is 1.65. The van der Waals surface area contributed by atoms with Crippen LogP contribution in [0.2, 0.25) is 0 Å². The Morgan fingerprint density at radius 2 is 2.05 bits per heavy atom. The molecule has 1 saturated carbocycles. The van der Waals surface area contributed by atoms with Crippen LogP contribution in [0.5, 0.6) is 0 Å². The van der Waals surface area contributed by atoms with Gasteiger partial charge in [0.05, 0.1) is 0 Å². The fourth-order valence-electron chi connectivity index (χ4n) is 2.56. The molecule has 0 spiro atoms. The summed E-state index contributed by atoms with van der Waals surface area (Å²) >= 11 is 0. The molecule has 0 atom stereocenters. The van der Waals surface area contributed by atoms with Crippen molar-refractivity contribution in [1.82, 2.24) is 10.7 Å². The standard InChI is InChI=1S/C14H30N4O/c1-12-4-6-13(7-5-12)8-10-17-14(18-15)16-9-3-11-19-2/h12-13H,3-11,15H2,1-2H3,(H2,16,17,18). The van der Waals surface area contributed by atoms with Gasteiger partial charge in [-0.1, -0.05) is 32.6 Å². The minimum absolute atomic E-state index is 0.695. The first-order valence-electron chi connectivity index (χ1n) is 7.50. The third-order valence-electron chi connectivity index (χ3n) is 3.89. The van der Waals surface area contributed by atoms with Crippen molar-refractivity contribution in [3.8, 4) is 0 Å². The molecule has 5 heteroatoms. The number of aliphatic imine (C=N–C) groups is 1. The number of methoxy groups -OCH3 is 1. The van der Waals surface area contributed by atoms with Gasteiger partial charge in [-0.3, -0.25) is 10.4 Å². The zero-order valence-electron chi connectivity index (χ0n) is 12.5. The van der Waals surface area contributed by atoms with Crippen molar-refractivity contribution in [2.75, 3.05) is 26.8 Å². The third-order valence-corrected chi connectivity index (χ3v) is 3.89. The van der Waals surface area contributed by atoms with Crippen molar-refractivity contribution in [2.45, 2.75) is 45.4 Å². The maximum Gasteiger partial charge on any atom is 0.205 e. The Morgan fingerprint density at radius 1 is 1.32 bits per heavy atom. The minimum atomic E-state index is 0.695. The van der Waals surface area contributed by atoms with Crippen molar-refractivity contribution in [3.63, 3.8) is 0 Å². The van der Waals surface area contributed by atoms with Crippen molar-refractivity contribution >= 4 is 5.96 Å². The molecule has 4 N–H and O–H groups in total. The lowest BCUT2D eigenvalue weighted by Gasteiger charge is -2.26. The molecule has 0 aliphatic heterocycles. The molecule has 0 aromatic heterocycles. The van der Waals surface area contributed by atoms with Crippen LogP contribution in [-0.2, 0) is 4.74 Å². The van der Waals surface area contributed by atoms with E-state index in [1.807, 2.05) is 0 Å². The molecular formula is C14H30N4O. The van der Waals surface area contributed by atoms with Crippen molar-refractivity contribution < 1.29 is 4.74 Å². The second-order valence-corrected chi connectivity index (χ2v) is 5.56. The molecule has 1 rings (SSSR count). The lowest BCUT2D eigenvalue weighted by molar-refractivity contribution is 0.197. The monoisotopic (exact) mass is 270 g/mol. The number of hydrazine groups is 1. The first kappa shape index (κ1) is 16.2. The number of ether oxygens (including phenoxy) is 1. The molecule has 0 heterocycles. The molecule has 19 heavy (non-hydrogen) atoms. The van der Waals surface area contributed by atoms with Gasteiger partial charge < -0.3 is 10.1 Å². The van der Waals surface area contributed by atoms with E-state index in [2.05, 4.69) is 22.7 Å². The van der Waals surface area contributed by atoms with E-state index in [9.17, 15) is 0 Å². The molecule has 0 bridgehead atoms. The molecule has 0 aromatic rings. The van der Waals surface area contributed by atoms with E-state index in [1.165, 1.54) is 32.1 Å². The predicted molar refractivity (Wildman–Crippen MR) is 79.9 cm³/mol. The smallest absolute Gasteiger partial charge is 0.205 e. The van der Waals surface area contributed by atoms with E-state index in [-0.39, 0.29) is 0 Å². The SMILES string of the molecule is COCCCN=C(NN)NCCC1CCC(C)CC1. The van der Waals surface area contributed by atoms with Crippen LogP contribution in [0.25, 0.3) is 0 Å². The van der Waals surface area contributed by atoms with Crippen LogP contribution in [0.3, 0.4) is 0 Å². The van der Waals surface area contributed by atoms with E-state index >= 15 is 0 Å². The van der Waals surface area contributed by atoms with Gasteiger partial charge in [-0.2, -0.15) is 0 Å². The van der Waals surface area contributed by atoms with Gasteiger partial charge in [0.25, 0.3) is 0 Å². The van der Waals surface area contributed by atoms with Gasteiger partial charge in [0, 0.05) is 26.8 Å². The summed E-state index contributed by atoms with van der Waals surface area (Å²) in [6.07, 6.45) is 7.66. The Kier molecular flexibility index (Phi) is 8.58. The van der Waals surface area contributed by atoms with E-state index in [1.54, 1.807) is 7.11 Å². The third kappa shape index (κ3) is 7.38. The highest BCUT2D eigenvalue weighted by Gasteiger charge is 2.17. The summed E-state index contributed by atoms with van der Waals surface area (Å²) in [5.41, 5.74) is 2.62. The molecule has 0 aromatic carbocycles. The van der Waals surface area contributed by atoms with Crippen LogP contribution < -0.4 is 16.6 Å². The van der Waals surface area contributed by atoms with E-state index in [4.69, 9.17) is 10.6 Å². The zero-order valence-corrected chi connectivity index (χ0v) is 12.5. The van der Waals surface area contributed by atoms with Crippen LogP contribution in [0.1, 0.15) is 45.4 Å². The van der Waals surface area contributed by atoms with Gasteiger partial charge in [-0.15, -0.1) is 0 Å². The second-order valence-electron chi connectivity index (χ2n) is 5.56. The molecule has 1 aliphatic carbocycles. The van der Waals surface area contributed by atoms with Gasteiger partial charge in [0.2, 0.25) is 5.96 Å². The molecule has 5 nitrogen and oxygen atoms in total. The van der Waals surface area contributed by atoms with Crippen LogP contribution in [-0.4, -0.2) is 32.8 Å². The summed E-state index contributed by atoms with van der Waals surface area (Å²) in [6.45, 7) is 4.78. The van der Waals surface area contributed by atoms with Gasteiger partial charge in [-0.25, -0.2) is 5.84 Å². The zero-order chi connectivity index (χ0) is 13.9. The number of hydrogen-bond acceptors (Lipinski definition) is 3. The number of nitrogens with one attached hydrogen (secondary N) is 2. The van der Waals surface area contributed by atoms with Crippen molar-refractivity contribution in [2.24, 2.45) is 22.7 Å². The average Bonchev–Trinajstić information content (AvgIpc) is 2.43. The maximum atomic E-state index is 5.45. The first-order chi connectivity index (χ1) is 9.26. The lowest BCUT2D eigenvalue weighted by Crippen LogP contribution is -2.42. The van der Waals surface area contributed by atoms with E-state index in [0.717, 1.165) is 38.0 Å². The Morgan fingerprint density at radius 3 is 2.68 bits per heavy atom. The fraction of sp³-hybridized carbons (Fsp3) is 0.929. The average molecular weight is 270 g/mol. The molecule has 1 fully saturated rings. The van der Waals surface area contributed by atoms with Crippen LogP contribution in [0.4, 0.5) is 0 Å². The summed E-state index contributed by atoms with van der Waals surface area (Å²) in [5, 5.41) is 3.28. The highest BCUT2D eigenvalue weighted by atomic mass is 16.5. The molecular weight excluding hydrogens is 240 g/mol. The Bertz CT molecular complexity index is 250. The number of nitrogens with two attached hydrogens (primary N) is 1. The molecule has 0 amide bonds. The van der Waals surface area contributed by atoms with Gasteiger partial charge in [0.15, 0.2) is 0 Å². The quantitative estimate of drug-likeness (QED) is 0.216. The van der Waals surface area contributed by atoms with E-state index < -0.39 is 0 Å². The Labute approximate surface area is 117 Å². The van der Waals surface area contributed by atoms with Crippen molar-refractivity contribution in [3.05, 3.63) is 0 Å². The summed E-state index contributed by atoms with van der Waals surface area (Å²) in [6, 6.07) is 0. The lowest BCUT2D eigenvalue weighted by atomic mass is 9.81. The molecule has 0 saturated heterocycles. The first-order valence-corrected chi connectivity index (χ1v) is 7.50. The van der Waals surface area contributed by atoms with Gasteiger partial charge in [-0.05, 0) is 24.7 Å². The summed E-state index contributed by atoms with van der Waals surface area (Å²) < 4.78 is 4.99. The van der Waals surface area contributed by atoms with Crippen LogP contribution >= 0.6 is 0 Å². The van der Waals surface area contributed by atoms with Crippen LogP contribution in [0.15, 0.2) is 4.99 Å². The van der Waals surface area contributed by atoms with Gasteiger partial charge >= 0.3 is 0 Å². The summed E-state index contributed by atoms with van der Waals surface area (Å²) in [4.78, 5) is 4.36. The highest BCUT2D eigenvalue weighted by molar-refractivity contribution is 5.79. The molecule has 0 radical (unpaired) electrons. The normalized spacial score (nSPS) is 24.3. The Balaban J connectivity index is 2.11. The fourth-order valence-corrected chi connectivity index (χ4v) is 2.56. The summed E-state index contributed by atoms with van der Waals surface area (Å²) in [7, 11) is 1.70. The van der Waals surface area contributed by atoms with E-state index in [0.29, 0.717) is 5.96 Å². The minimum Gasteiger partial charge on any atom is -0.385 e. The van der Waals surface area contributed by atoms with Crippen LogP contribution in [0, 0.1) is 11.8 Å². The number of nitrogens with zero attached hydrogens (tertiary/aromatic N) is 1. The highest BCUT2D eigenvalue weighted by Crippen LogP contribution is 2.29. The van der Waals surface area contributed by atoms with Crippen molar-refractivity contribution in [1.29, 1.82) is 0 Å². The summed E-state index contributed by atoms with van der Waals surface area (Å²) in [5.74, 6) is 7.94. The molecule has 1 aliphatic rings. The molecule has 112 valence electrons. The second kappa shape index (κ2) is 10.0. The molecule has 0 unspecified atom stereocenters. The van der Waals surface area contributed by atoms with Gasteiger partial charge in [0.1, 0.15) is 0 Å². The Hall–Kier alpha value is -0.810. The topological polar surface area (TPSA) is 71.7 Å². The largest absolute Gasteiger partial charge is 0.385 e. The number of rotatable bonds is 7. The maximum absolute atomic E-state index is 5.45.